The van der Waals surface area contributed by atoms with Crippen molar-refractivity contribution in [2.75, 3.05) is 13.3 Å². The normalized spacial score (nSPS) is 13.9. The van der Waals surface area contributed by atoms with Crippen molar-refractivity contribution in [3.63, 3.8) is 0 Å². The van der Waals surface area contributed by atoms with Crippen LogP contribution >= 0.6 is 11.3 Å². The number of nitro benzene ring substituents is 1. The average molecular weight is 494 g/mol. The maximum atomic E-state index is 13.5. The smallest absolute Gasteiger partial charge is 0.270 e. The van der Waals surface area contributed by atoms with Gasteiger partial charge >= 0.3 is 0 Å². The summed E-state index contributed by atoms with van der Waals surface area (Å²) in [4.78, 5) is 41.7. The van der Waals surface area contributed by atoms with E-state index >= 15 is 0 Å². The van der Waals surface area contributed by atoms with Gasteiger partial charge in [-0.25, -0.2) is 0 Å². The first-order chi connectivity index (χ1) is 17.0. The number of nitro groups is 1. The number of amides is 2. The molecular formula is C25H23N3O6S. The predicted molar refractivity (Wildman–Crippen MR) is 128 cm³/mol. The van der Waals surface area contributed by atoms with Crippen molar-refractivity contribution >= 4 is 28.8 Å². The van der Waals surface area contributed by atoms with Crippen molar-refractivity contribution in [1.82, 2.24) is 9.80 Å². The summed E-state index contributed by atoms with van der Waals surface area (Å²) in [6.07, 6.45) is 1.61. The molecule has 1 fully saturated rings. The molecule has 1 aliphatic carbocycles. The van der Waals surface area contributed by atoms with Gasteiger partial charge in [0.15, 0.2) is 11.5 Å². The summed E-state index contributed by atoms with van der Waals surface area (Å²) in [6.45, 7) is 0.834. The zero-order valence-electron chi connectivity index (χ0n) is 18.8. The SMILES string of the molecule is O=C(CN(C(=O)c1cccc([N+](=O)[O-])c1)C1CC1)N(Cc1ccc2c(c1)OCO2)Cc1cccs1. The zero-order chi connectivity index (χ0) is 24.4. The highest BCUT2D eigenvalue weighted by atomic mass is 32.1. The van der Waals surface area contributed by atoms with E-state index in [9.17, 15) is 19.7 Å². The molecule has 1 aromatic heterocycles. The molecule has 1 saturated carbocycles. The number of benzene rings is 2. The molecule has 180 valence electrons. The van der Waals surface area contributed by atoms with Crippen LogP contribution in [0.15, 0.2) is 60.0 Å². The third kappa shape index (κ3) is 5.27. The van der Waals surface area contributed by atoms with Gasteiger partial charge in [0, 0.05) is 35.2 Å². The number of hydrogen-bond acceptors (Lipinski definition) is 7. The summed E-state index contributed by atoms with van der Waals surface area (Å²) in [6, 6.07) is 15.1. The van der Waals surface area contributed by atoms with Crippen LogP contribution in [0.1, 0.15) is 33.6 Å². The molecule has 0 spiro atoms. The summed E-state index contributed by atoms with van der Waals surface area (Å²) in [5, 5.41) is 13.1. The fraction of sp³-hybridized carbons (Fsp3) is 0.280. The van der Waals surface area contributed by atoms with Crippen LogP contribution in [0.5, 0.6) is 11.5 Å². The molecule has 3 aromatic rings. The van der Waals surface area contributed by atoms with Gasteiger partial charge in [0.25, 0.3) is 11.6 Å². The molecule has 2 aliphatic rings. The van der Waals surface area contributed by atoms with Gasteiger partial charge < -0.3 is 19.3 Å². The van der Waals surface area contributed by atoms with Crippen LogP contribution in [0.4, 0.5) is 5.69 Å². The van der Waals surface area contributed by atoms with Crippen LogP contribution in [-0.2, 0) is 17.9 Å². The maximum Gasteiger partial charge on any atom is 0.270 e. The van der Waals surface area contributed by atoms with Gasteiger partial charge in [0.05, 0.1) is 11.5 Å². The number of carbonyl (C=O) groups excluding carboxylic acids is 2. The number of nitrogens with zero attached hydrogens (tertiary/aromatic N) is 3. The van der Waals surface area contributed by atoms with Crippen LogP contribution in [0.3, 0.4) is 0 Å². The van der Waals surface area contributed by atoms with Crippen molar-refractivity contribution in [1.29, 1.82) is 0 Å². The van der Waals surface area contributed by atoms with Crippen molar-refractivity contribution in [2.24, 2.45) is 0 Å². The highest BCUT2D eigenvalue weighted by molar-refractivity contribution is 7.09. The lowest BCUT2D eigenvalue weighted by atomic mass is 10.1. The summed E-state index contributed by atoms with van der Waals surface area (Å²) in [7, 11) is 0. The van der Waals surface area contributed by atoms with Gasteiger partial charge in [-0.1, -0.05) is 18.2 Å². The number of fused-ring (bicyclic) bond motifs is 1. The zero-order valence-corrected chi connectivity index (χ0v) is 19.6. The van der Waals surface area contributed by atoms with E-state index in [1.807, 2.05) is 35.7 Å². The molecule has 0 N–H and O–H groups in total. The highest BCUT2D eigenvalue weighted by Crippen LogP contribution is 2.33. The van der Waals surface area contributed by atoms with Gasteiger partial charge in [-0.05, 0) is 48.1 Å². The minimum atomic E-state index is -0.530. The molecule has 2 amide bonds. The van der Waals surface area contributed by atoms with Gasteiger partial charge in [-0.2, -0.15) is 0 Å². The lowest BCUT2D eigenvalue weighted by molar-refractivity contribution is -0.384. The number of ether oxygens (including phenoxy) is 2. The maximum absolute atomic E-state index is 13.5. The third-order valence-corrected chi connectivity index (χ3v) is 6.81. The molecule has 0 atom stereocenters. The van der Waals surface area contributed by atoms with Crippen molar-refractivity contribution in [3.8, 4) is 11.5 Å². The van der Waals surface area contributed by atoms with Gasteiger partial charge in [0.1, 0.15) is 6.54 Å². The largest absolute Gasteiger partial charge is 0.454 e. The molecule has 2 heterocycles. The molecule has 1 aliphatic heterocycles. The van der Waals surface area contributed by atoms with Crippen LogP contribution < -0.4 is 9.47 Å². The van der Waals surface area contributed by atoms with E-state index in [2.05, 4.69) is 0 Å². The number of thiophene rings is 1. The second kappa shape index (κ2) is 9.75. The molecule has 9 nitrogen and oxygen atoms in total. The first kappa shape index (κ1) is 22.9. The quantitative estimate of drug-likeness (QED) is 0.327. The fourth-order valence-corrected chi connectivity index (χ4v) is 4.72. The molecule has 35 heavy (non-hydrogen) atoms. The molecule has 2 aromatic carbocycles. The Morgan fingerprint density at radius 1 is 1.03 bits per heavy atom. The summed E-state index contributed by atoms with van der Waals surface area (Å²) >= 11 is 1.56. The van der Waals surface area contributed by atoms with Gasteiger partial charge in [-0.15, -0.1) is 11.3 Å². The van der Waals surface area contributed by atoms with Crippen LogP contribution in [0.2, 0.25) is 0 Å². The Morgan fingerprint density at radius 2 is 1.86 bits per heavy atom. The van der Waals surface area contributed by atoms with Crippen LogP contribution in [-0.4, -0.2) is 45.9 Å². The van der Waals surface area contributed by atoms with E-state index in [0.717, 1.165) is 23.3 Å². The minimum Gasteiger partial charge on any atom is -0.454 e. The molecule has 0 radical (unpaired) electrons. The molecule has 0 saturated heterocycles. The van der Waals surface area contributed by atoms with E-state index in [4.69, 9.17) is 9.47 Å². The number of hydrogen-bond donors (Lipinski definition) is 0. The number of rotatable bonds is 9. The molecular weight excluding hydrogens is 470 g/mol. The van der Waals surface area contributed by atoms with Crippen molar-refractivity contribution < 1.29 is 24.0 Å². The summed E-state index contributed by atoms with van der Waals surface area (Å²) in [5.41, 5.74) is 0.946. The summed E-state index contributed by atoms with van der Waals surface area (Å²) < 4.78 is 10.9. The Hall–Kier alpha value is -3.92. The summed E-state index contributed by atoms with van der Waals surface area (Å²) in [5.74, 6) is 0.754. The molecule has 0 bridgehead atoms. The average Bonchev–Trinajstić information content (AvgIpc) is 3.36. The lowest BCUT2D eigenvalue weighted by Gasteiger charge is -2.28. The predicted octanol–water partition coefficient (Wildman–Crippen LogP) is 4.22. The Labute approximate surface area is 205 Å². The third-order valence-electron chi connectivity index (χ3n) is 5.95. The van der Waals surface area contributed by atoms with Crippen LogP contribution in [0, 0.1) is 10.1 Å². The minimum absolute atomic E-state index is 0.0418. The van der Waals surface area contributed by atoms with E-state index in [1.54, 1.807) is 27.2 Å². The molecule has 0 unspecified atom stereocenters. The van der Waals surface area contributed by atoms with Gasteiger partial charge in [-0.3, -0.25) is 19.7 Å². The standard InChI is InChI=1S/C25H23N3O6S/c29-24(15-27(19-7-8-19)25(30)18-3-1-4-20(12-18)28(31)32)26(14-21-5-2-10-35-21)13-17-6-9-22-23(11-17)34-16-33-22/h1-6,9-12,19H,7-8,13-16H2. The Balaban J connectivity index is 1.36. The molecule has 10 heteroatoms. The Kier molecular flexibility index (Phi) is 6.37. The number of carbonyl (C=O) groups is 2. The fourth-order valence-electron chi connectivity index (χ4n) is 4.00. The highest BCUT2D eigenvalue weighted by Gasteiger charge is 2.35. The first-order valence-corrected chi connectivity index (χ1v) is 12.1. The first-order valence-electron chi connectivity index (χ1n) is 11.2. The van der Waals surface area contributed by atoms with Gasteiger partial charge in [0.2, 0.25) is 12.7 Å². The molecule has 5 rings (SSSR count). The van der Waals surface area contributed by atoms with Crippen molar-refractivity contribution in [2.45, 2.75) is 32.0 Å². The van der Waals surface area contributed by atoms with Crippen molar-refractivity contribution in [3.05, 3.63) is 86.1 Å². The number of non-ortho nitro benzene ring substituents is 1. The second-order valence-electron chi connectivity index (χ2n) is 8.49. The lowest BCUT2D eigenvalue weighted by Crippen LogP contribution is -2.43. The van der Waals surface area contributed by atoms with E-state index in [1.165, 1.54) is 18.2 Å². The Bertz CT molecular complexity index is 1260. The Morgan fingerprint density at radius 3 is 2.60 bits per heavy atom. The van der Waals surface area contributed by atoms with E-state index in [-0.39, 0.29) is 42.4 Å². The van der Waals surface area contributed by atoms with E-state index < -0.39 is 4.92 Å². The topological polar surface area (TPSA) is 102 Å². The second-order valence-corrected chi connectivity index (χ2v) is 9.52. The van der Waals surface area contributed by atoms with E-state index in [0.29, 0.717) is 24.6 Å². The van der Waals surface area contributed by atoms with Crippen LogP contribution in [0.25, 0.3) is 0 Å². The monoisotopic (exact) mass is 493 g/mol.